The van der Waals surface area contributed by atoms with Crippen molar-refractivity contribution in [3.63, 3.8) is 0 Å². The third-order valence-corrected chi connectivity index (χ3v) is 7.09. The Labute approximate surface area is 166 Å². The number of nitrogens with one attached hydrogen (secondary N) is 1. The molecule has 0 unspecified atom stereocenters. The van der Waals surface area contributed by atoms with E-state index >= 15 is 0 Å². The molecule has 4 nitrogen and oxygen atoms in total. The second-order valence-corrected chi connectivity index (χ2v) is 8.84. The Morgan fingerprint density at radius 1 is 1.12 bits per heavy atom. The molecular weight excluding hydrogens is 390 g/mol. The Kier molecular flexibility index (Phi) is 6.88. The number of benzene rings is 2. The molecular formula is C19H18ClNO3S2. The van der Waals surface area contributed by atoms with Crippen LogP contribution in [0, 0.1) is 0 Å². The van der Waals surface area contributed by atoms with E-state index in [1.54, 1.807) is 24.3 Å². The number of hydrogen-bond acceptors (Lipinski definition) is 5. The Hall–Kier alpha value is -1.63. The first-order valence-electron chi connectivity index (χ1n) is 8.13. The Bertz CT molecular complexity index is 777. The molecule has 1 aliphatic rings. The predicted molar refractivity (Wildman–Crippen MR) is 108 cm³/mol. The molecule has 1 fully saturated rings. The molecule has 2 aromatic rings. The molecule has 0 radical (unpaired) electrons. The van der Waals surface area contributed by atoms with Crippen molar-refractivity contribution in [2.24, 2.45) is 0 Å². The van der Waals surface area contributed by atoms with Crippen molar-refractivity contribution in [2.45, 2.75) is 11.1 Å². The van der Waals surface area contributed by atoms with Crippen LogP contribution in [0.2, 0.25) is 5.02 Å². The highest BCUT2D eigenvalue weighted by molar-refractivity contribution is 8.19. The zero-order chi connectivity index (χ0) is 18.4. The third kappa shape index (κ3) is 5.43. The first kappa shape index (κ1) is 19.1. The Morgan fingerprint density at radius 2 is 1.85 bits per heavy atom. The van der Waals surface area contributed by atoms with Crippen LogP contribution in [0.15, 0.2) is 48.5 Å². The summed E-state index contributed by atoms with van der Waals surface area (Å²) in [6, 6.07) is 14.6. The van der Waals surface area contributed by atoms with E-state index in [2.05, 4.69) is 5.32 Å². The van der Waals surface area contributed by atoms with E-state index in [1.165, 1.54) is 5.56 Å². The van der Waals surface area contributed by atoms with Crippen LogP contribution in [0.5, 0.6) is 0 Å². The number of halogens is 1. The number of carbonyl (C=O) groups is 2. The van der Waals surface area contributed by atoms with Crippen LogP contribution in [0.3, 0.4) is 0 Å². The minimum Gasteiger partial charge on any atom is -0.452 e. The highest BCUT2D eigenvalue weighted by Crippen LogP contribution is 2.45. The van der Waals surface area contributed by atoms with E-state index in [0.717, 1.165) is 17.1 Å². The molecule has 2 aromatic carbocycles. The molecule has 1 heterocycles. The van der Waals surface area contributed by atoms with Crippen molar-refractivity contribution in [1.82, 2.24) is 5.32 Å². The molecule has 1 aliphatic heterocycles. The molecule has 0 bridgehead atoms. The average Bonchev–Trinajstić information content (AvgIpc) is 3.19. The second-order valence-electron chi connectivity index (χ2n) is 5.68. The molecule has 0 saturated carbocycles. The molecule has 136 valence electrons. The van der Waals surface area contributed by atoms with Crippen LogP contribution >= 0.6 is 35.1 Å². The average molecular weight is 408 g/mol. The molecule has 3 rings (SSSR count). The van der Waals surface area contributed by atoms with E-state index in [-0.39, 0.29) is 12.5 Å². The maximum Gasteiger partial charge on any atom is 0.338 e. The van der Waals surface area contributed by atoms with Gasteiger partial charge in [0.2, 0.25) is 0 Å². The molecule has 0 atom stereocenters. The lowest BCUT2D eigenvalue weighted by Gasteiger charge is -2.09. The zero-order valence-corrected chi connectivity index (χ0v) is 16.3. The number of thioether (sulfide) groups is 2. The molecule has 0 aromatic heterocycles. The first-order chi connectivity index (χ1) is 12.6. The zero-order valence-electron chi connectivity index (χ0n) is 13.9. The van der Waals surface area contributed by atoms with Gasteiger partial charge in [0.15, 0.2) is 6.61 Å². The first-order valence-corrected chi connectivity index (χ1v) is 10.6. The molecule has 7 heteroatoms. The van der Waals surface area contributed by atoms with Crippen LogP contribution in [0.4, 0.5) is 0 Å². The lowest BCUT2D eigenvalue weighted by Crippen LogP contribution is -2.28. The Balaban J connectivity index is 1.44. The van der Waals surface area contributed by atoms with Gasteiger partial charge in [-0.05, 0) is 35.4 Å². The minimum absolute atomic E-state index is 0.310. The maximum atomic E-state index is 12.1. The molecule has 1 amide bonds. The van der Waals surface area contributed by atoms with E-state index < -0.39 is 5.97 Å². The lowest BCUT2D eigenvalue weighted by molar-refractivity contribution is -0.124. The van der Waals surface area contributed by atoms with Gasteiger partial charge in [0.05, 0.1) is 10.1 Å². The van der Waals surface area contributed by atoms with Gasteiger partial charge in [-0.25, -0.2) is 4.79 Å². The summed E-state index contributed by atoms with van der Waals surface area (Å²) in [5, 5.41) is 3.31. The molecule has 1 saturated heterocycles. The fraction of sp³-hybridized carbons (Fsp3) is 0.263. The monoisotopic (exact) mass is 407 g/mol. The van der Waals surface area contributed by atoms with Crippen LogP contribution in [0.25, 0.3) is 0 Å². The summed E-state index contributed by atoms with van der Waals surface area (Å²) in [6.45, 7) is 0.0256. The molecule has 1 N–H and O–H groups in total. The molecule has 26 heavy (non-hydrogen) atoms. The van der Waals surface area contributed by atoms with Crippen LogP contribution in [-0.4, -0.2) is 30.0 Å². The van der Waals surface area contributed by atoms with E-state index in [1.807, 2.05) is 47.8 Å². The second kappa shape index (κ2) is 9.35. The summed E-state index contributed by atoms with van der Waals surface area (Å²) in [5.74, 6) is 1.46. The normalized spacial score (nSPS) is 14.2. The van der Waals surface area contributed by atoms with Crippen LogP contribution in [0.1, 0.15) is 26.1 Å². The van der Waals surface area contributed by atoms with Gasteiger partial charge in [-0.3, -0.25) is 4.79 Å². The maximum absolute atomic E-state index is 12.1. The number of carbonyl (C=O) groups excluding carboxylic acids is 2. The smallest absolute Gasteiger partial charge is 0.338 e. The molecule has 0 spiro atoms. The van der Waals surface area contributed by atoms with Crippen molar-refractivity contribution in [3.05, 3.63) is 70.2 Å². The number of rotatable bonds is 6. The number of esters is 1. The standard InChI is InChI=1S/C19H18ClNO3S2/c20-16-3-1-2-13(10-16)11-21-17(22)12-24-18(23)14-4-6-15(7-5-14)19-25-8-9-26-19/h1-7,10,19H,8-9,11-12H2,(H,21,22). The van der Waals surface area contributed by atoms with E-state index in [9.17, 15) is 9.59 Å². The summed E-state index contributed by atoms with van der Waals surface area (Å²) in [5.41, 5.74) is 2.54. The van der Waals surface area contributed by atoms with Crippen molar-refractivity contribution >= 4 is 47.0 Å². The quantitative estimate of drug-likeness (QED) is 0.724. The van der Waals surface area contributed by atoms with Crippen molar-refractivity contribution in [1.29, 1.82) is 0 Å². The number of ether oxygens (including phenoxy) is 1. The van der Waals surface area contributed by atoms with E-state index in [0.29, 0.717) is 21.7 Å². The third-order valence-electron chi connectivity index (χ3n) is 3.75. The summed E-state index contributed by atoms with van der Waals surface area (Å²) < 4.78 is 5.52. The molecule has 0 aliphatic carbocycles. The summed E-state index contributed by atoms with van der Waals surface area (Å²) in [6.07, 6.45) is 0. The lowest BCUT2D eigenvalue weighted by atomic mass is 10.1. The van der Waals surface area contributed by atoms with Crippen LogP contribution in [-0.2, 0) is 16.1 Å². The summed E-state index contributed by atoms with van der Waals surface area (Å²) in [7, 11) is 0. The van der Waals surface area contributed by atoms with Crippen molar-refractivity contribution < 1.29 is 14.3 Å². The van der Waals surface area contributed by atoms with Gasteiger partial charge >= 0.3 is 5.97 Å². The van der Waals surface area contributed by atoms with Gasteiger partial charge in [0.1, 0.15) is 0 Å². The minimum atomic E-state index is -0.499. The summed E-state index contributed by atoms with van der Waals surface area (Å²) >= 11 is 9.73. The van der Waals surface area contributed by atoms with Gasteiger partial charge in [-0.2, -0.15) is 0 Å². The predicted octanol–water partition coefficient (Wildman–Crippen LogP) is 4.29. The number of amides is 1. The Morgan fingerprint density at radius 3 is 2.54 bits per heavy atom. The highest BCUT2D eigenvalue weighted by atomic mass is 35.5. The largest absolute Gasteiger partial charge is 0.452 e. The van der Waals surface area contributed by atoms with Crippen LogP contribution < -0.4 is 5.32 Å². The van der Waals surface area contributed by atoms with Crippen molar-refractivity contribution in [3.8, 4) is 0 Å². The van der Waals surface area contributed by atoms with Gasteiger partial charge in [0, 0.05) is 23.1 Å². The van der Waals surface area contributed by atoms with E-state index in [4.69, 9.17) is 16.3 Å². The van der Waals surface area contributed by atoms with Gasteiger partial charge < -0.3 is 10.1 Å². The fourth-order valence-corrected chi connectivity index (χ4v) is 5.51. The van der Waals surface area contributed by atoms with Gasteiger partial charge in [0.25, 0.3) is 5.91 Å². The van der Waals surface area contributed by atoms with Crippen molar-refractivity contribution in [2.75, 3.05) is 18.1 Å². The fourth-order valence-electron chi connectivity index (χ4n) is 2.44. The SMILES string of the molecule is O=C(COC(=O)c1ccc(C2SCCS2)cc1)NCc1cccc(Cl)c1. The van der Waals surface area contributed by atoms with Gasteiger partial charge in [-0.1, -0.05) is 35.9 Å². The highest BCUT2D eigenvalue weighted by Gasteiger charge is 2.18. The topological polar surface area (TPSA) is 55.4 Å². The summed E-state index contributed by atoms with van der Waals surface area (Å²) in [4.78, 5) is 23.9. The number of hydrogen-bond donors (Lipinski definition) is 1. The van der Waals surface area contributed by atoms with Gasteiger partial charge in [-0.15, -0.1) is 23.5 Å².